The van der Waals surface area contributed by atoms with E-state index in [9.17, 15) is 14.7 Å². The number of anilines is 1. The molecule has 1 heterocycles. The molecule has 2 N–H and O–H groups in total. The Bertz CT molecular complexity index is 1320. The van der Waals surface area contributed by atoms with Crippen LogP contribution in [0, 0.1) is 0 Å². The van der Waals surface area contributed by atoms with Crippen molar-refractivity contribution in [1.82, 2.24) is 20.3 Å². The van der Waals surface area contributed by atoms with Gasteiger partial charge in [-0.2, -0.15) is 0 Å². The molecule has 1 aromatic heterocycles. The van der Waals surface area contributed by atoms with Gasteiger partial charge in [0.25, 0.3) is 0 Å². The van der Waals surface area contributed by atoms with Crippen LogP contribution in [-0.2, 0) is 16.1 Å². The molecule has 8 nitrogen and oxygen atoms in total. The van der Waals surface area contributed by atoms with Crippen molar-refractivity contribution in [2.24, 2.45) is 0 Å². The third kappa shape index (κ3) is 5.32. The zero-order valence-corrected chi connectivity index (χ0v) is 20.0. The van der Waals surface area contributed by atoms with Gasteiger partial charge in [-0.3, -0.25) is 14.5 Å². The van der Waals surface area contributed by atoms with Crippen molar-refractivity contribution in [1.29, 1.82) is 0 Å². The van der Waals surface area contributed by atoms with Crippen LogP contribution in [0.15, 0.2) is 78.9 Å². The Kier molecular flexibility index (Phi) is 6.82. The van der Waals surface area contributed by atoms with E-state index in [-0.39, 0.29) is 24.1 Å². The highest BCUT2D eigenvalue weighted by molar-refractivity contribution is 6.01. The average Bonchev–Trinajstić information content (AvgIpc) is 3.26. The normalized spacial score (nSPS) is 12.3. The van der Waals surface area contributed by atoms with E-state index in [1.54, 1.807) is 24.3 Å². The fourth-order valence-electron chi connectivity index (χ4n) is 3.83. The number of benzene rings is 3. The van der Waals surface area contributed by atoms with Crippen LogP contribution in [-0.4, -0.2) is 37.5 Å². The molecule has 3 aromatic carbocycles. The molecule has 0 saturated carbocycles. The lowest BCUT2D eigenvalue weighted by Gasteiger charge is -2.34. The van der Waals surface area contributed by atoms with Crippen molar-refractivity contribution in [3.63, 3.8) is 0 Å². The van der Waals surface area contributed by atoms with Crippen molar-refractivity contribution >= 4 is 28.5 Å². The Hall–Kier alpha value is -4.20. The first-order valence-electron chi connectivity index (χ1n) is 11.6. The van der Waals surface area contributed by atoms with Crippen LogP contribution in [0.4, 0.5) is 5.69 Å². The Balaban J connectivity index is 1.79. The number of carbonyl (C=O) groups excluding carboxylic acids is 2. The molecule has 0 aliphatic heterocycles. The lowest BCUT2D eigenvalue weighted by Crippen LogP contribution is -2.51. The lowest BCUT2D eigenvalue weighted by atomic mass is 9.98. The van der Waals surface area contributed by atoms with Gasteiger partial charge in [0.1, 0.15) is 23.9 Å². The number of nitrogens with zero attached hydrogens (tertiary/aromatic N) is 4. The average molecular weight is 472 g/mol. The molecule has 0 bridgehead atoms. The topological polar surface area (TPSA) is 100 Å². The summed E-state index contributed by atoms with van der Waals surface area (Å²) in [4.78, 5) is 29.1. The van der Waals surface area contributed by atoms with Gasteiger partial charge >= 0.3 is 0 Å². The number of aromatic hydroxyl groups is 1. The molecular formula is C27H29N5O3. The van der Waals surface area contributed by atoms with Gasteiger partial charge in [0, 0.05) is 11.2 Å². The molecular weight excluding hydrogens is 442 g/mol. The van der Waals surface area contributed by atoms with Crippen LogP contribution in [0.3, 0.4) is 0 Å². The number of aromatic nitrogens is 3. The minimum atomic E-state index is -0.967. The van der Waals surface area contributed by atoms with Crippen LogP contribution in [0.2, 0.25) is 0 Å². The molecule has 35 heavy (non-hydrogen) atoms. The van der Waals surface area contributed by atoms with Gasteiger partial charge in [-0.1, -0.05) is 54.6 Å². The number of hydrogen-bond donors (Lipinski definition) is 2. The van der Waals surface area contributed by atoms with Gasteiger partial charge in [-0.25, -0.2) is 4.68 Å². The summed E-state index contributed by atoms with van der Waals surface area (Å²) in [7, 11) is 0. The van der Waals surface area contributed by atoms with Gasteiger partial charge in [0.2, 0.25) is 11.8 Å². The van der Waals surface area contributed by atoms with Crippen molar-refractivity contribution < 1.29 is 14.7 Å². The predicted octanol–water partition coefficient (Wildman–Crippen LogP) is 4.22. The second-order valence-electron chi connectivity index (χ2n) is 9.06. The van der Waals surface area contributed by atoms with Gasteiger partial charge in [0.05, 0.1) is 5.52 Å². The van der Waals surface area contributed by atoms with Gasteiger partial charge in [-0.15, -0.1) is 5.10 Å². The van der Waals surface area contributed by atoms with Gasteiger partial charge in [-0.05, 0) is 62.2 Å². The monoisotopic (exact) mass is 471 g/mol. The quantitative estimate of drug-likeness (QED) is 0.401. The van der Waals surface area contributed by atoms with Crippen molar-refractivity contribution in [3.05, 3.63) is 84.4 Å². The summed E-state index contributed by atoms with van der Waals surface area (Å²) in [6.07, 6.45) is 0.714. The maximum absolute atomic E-state index is 13.9. The van der Waals surface area contributed by atoms with Crippen LogP contribution in [0.25, 0.3) is 11.0 Å². The molecule has 0 spiro atoms. The molecule has 0 aliphatic rings. The highest BCUT2D eigenvalue weighted by atomic mass is 16.3. The molecule has 180 valence electrons. The summed E-state index contributed by atoms with van der Waals surface area (Å²) >= 11 is 0. The van der Waals surface area contributed by atoms with Crippen molar-refractivity contribution in [2.45, 2.75) is 45.3 Å². The SMILES string of the molecule is CCC(C)(C)NC(=O)[C@H](c1ccc(O)cc1)N(C(=O)Cn1nnc2ccccc21)c1ccccc1. The smallest absolute Gasteiger partial charge is 0.249 e. The number of hydrogen-bond acceptors (Lipinski definition) is 5. The van der Waals surface area contributed by atoms with E-state index < -0.39 is 11.6 Å². The van der Waals surface area contributed by atoms with E-state index in [0.717, 1.165) is 5.52 Å². The van der Waals surface area contributed by atoms with E-state index in [0.29, 0.717) is 23.2 Å². The molecule has 0 aliphatic carbocycles. The molecule has 2 amide bonds. The summed E-state index contributed by atoms with van der Waals surface area (Å²) in [5.41, 5.74) is 2.09. The predicted molar refractivity (Wildman–Crippen MR) is 135 cm³/mol. The lowest BCUT2D eigenvalue weighted by molar-refractivity contribution is -0.128. The van der Waals surface area contributed by atoms with Crippen molar-refractivity contribution in [3.8, 4) is 5.75 Å². The number of fused-ring (bicyclic) bond motifs is 1. The van der Waals surface area contributed by atoms with E-state index in [4.69, 9.17) is 0 Å². The fourth-order valence-corrected chi connectivity index (χ4v) is 3.83. The molecule has 1 atom stereocenters. The van der Waals surface area contributed by atoms with Gasteiger partial charge in [0.15, 0.2) is 0 Å². The molecule has 8 heteroatoms. The standard InChI is InChI=1S/C27H29N5O3/c1-4-27(2,3)28-26(35)25(19-14-16-21(33)17-15-19)32(20-10-6-5-7-11-20)24(34)18-31-23-13-9-8-12-22(23)29-30-31/h5-17,25,33H,4,18H2,1-3H3,(H,28,35)/t25-/m0/s1. The number of para-hydroxylation sites is 2. The Morgan fingerprint density at radius 3 is 2.34 bits per heavy atom. The zero-order valence-electron chi connectivity index (χ0n) is 20.0. The molecule has 0 radical (unpaired) electrons. The van der Waals surface area contributed by atoms with E-state index in [1.807, 2.05) is 63.2 Å². The number of rotatable bonds is 8. The second-order valence-corrected chi connectivity index (χ2v) is 9.06. The van der Waals surface area contributed by atoms with Gasteiger partial charge < -0.3 is 10.4 Å². The van der Waals surface area contributed by atoms with Crippen LogP contribution >= 0.6 is 0 Å². The maximum Gasteiger partial charge on any atom is 0.249 e. The fraction of sp³-hybridized carbons (Fsp3) is 0.259. The summed E-state index contributed by atoms with van der Waals surface area (Å²) in [5.74, 6) is -0.564. The first kappa shape index (κ1) is 23.9. The summed E-state index contributed by atoms with van der Waals surface area (Å²) in [5, 5.41) is 21.2. The second kappa shape index (κ2) is 9.97. The third-order valence-electron chi connectivity index (χ3n) is 6.07. The minimum absolute atomic E-state index is 0.0773. The highest BCUT2D eigenvalue weighted by Gasteiger charge is 2.35. The largest absolute Gasteiger partial charge is 0.508 e. The maximum atomic E-state index is 13.9. The molecule has 4 aromatic rings. The number of phenols is 1. The molecule has 0 unspecified atom stereocenters. The first-order chi connectivity index (χ1) is 16.8. The van der Waals surface area contributed by atoms with E-state index >= 15 is 0 Å². The number of carbonyl (C=O) groups is 2. The van der Waals surface area contributed by atoms with Crippen LogP contribution < -0.4 is 10.2 Å². The summed E-state index contributed by atoms with van der Waals surface area (Å²) in [6, 6.07) is 21.9. The van der Waals surface area contributed by atoms with E-state index in [1.165, 1.54) is 21.7 Å². The van der Waals surface area contributed by atoms with E-state index in [2.05, 4.69) is 15.6 Å². The molecule has 4 rings (SSSR count). The number of nitrogens with one attached hydrogen (secondary N) is 1. The summed E-state index contributed by atoms with van der Waals surface area (Å²) < 4.78 is 1.54. The Morgan fingerprint density at radius 2 is 1.66 bits per heavy atom. The zero-order chi connectivity index (χ0) is 25.0. The van der Waals surface area contributed by atoms with Crippen LogP contribution in [0.5, 0.6) is 5.75 Å². The summed E-state index contributed by atoms with van der Waals surface area (Å²) in [6.45, 7) is 5.77. The number of phenolic OH excluding ortho intramolecular Hbond substituents is 1. The minimum Gasteiger partial charge on any atom is -0.508 e. The first-order valence-corrected chi connectivity index (χ1v) is 11.6. The molecule has 0 fully saturated rings. The molecule has 0 saturated heterocycles. The highest BCUT2D eigenvalue weighted by Crippen LogP contribution is 2.30. The third-order valence-corrected chi connectivity index (χ3v) is 6.07. The Labute approximate surface area is 204 Å². The Morgan fingerprint density at radius 1 is 1.00 bits per heavy atom. The number of amides is 2. The van der Waals surface area contributed by atoms with Crippen LogP contribution in [0.1, 0.15) is 38.8 Å². The van der Waals surface area contributed by atoms with Crippen molar-refractivity contribution in [2.75, 3.05) is 4.90 Å².